The number of halogens is 1. The number of anilines is 1. The first-order valence-electron chi connectivity index (χ1n) is 7.46. The van der Waals surface area contributed by atoms with Gasteiger partial charge in [-0.1, -0.05) is 18.2 Å². The van der Waals surface area contributed by atoms with Crippen LogP contribution in [0.1, 0.15) is 24.2 Å². The largest absolute Gasteiger partial charge is 0.492 e. The Morgan fingerprint density at radius 2 is 1.96 bits per heavy atom. The number of hydrogen-bond acceptors (Lipinski definition) is 4. The molecule has 0 aromatic heterocycles. The predicted molar refractivity (Wildman–Crippen MR) is 93.4 cm³/mol. The summed E-state index contributed by atoms with van der Waals surface area (Å²) < 4.78 is 19.4. The van der Waals surface area contributed by atoms with Crippen LogP contribution in [0.3, 0.4) is 0 Å². The van der Waals surface area contributed by atoms with Crippen molar-refractivity contribution < 1.29 is 18.7 Å². The van der Waals surface area contributed by atoms with Crippen LogP contribution in [-0.4, -0.2) is 24.1 Å². The van der Waals surface area contributed by atoms with Crippen molar-refractivity contribution in [1.82, 2.24) is 0 Å². The Morgan fingerprint density at radius 1 is 1.21 bits per heavy atom. The van der Waals surface area contributed by atoms with E-state index in [1.165, 1.54) is 19.1 Å². The summed E-state index contributed by atoms with van der Waals surface area (Å²) in [4.78, 5) is 23.6. The highest BCUT2D eigenvalue weighted by Crippen LogP contribution is 2.26. The molecule has 0 bridgehead atoms. The number of hydrogen-bond donors (Lipinski definition) is 1. The van der Waals surface area contributed by atoms with Gasteiger partial charge in [-0.05, 0) is 38.1 Å². The van der Waals surface area contributed by atoms with Crippen LogP contribution in [0.2, 0.25) is 0 Å². The van der Waals surface area contributed by atoms with Gasteiger partial charge in [-0.25, -0.2) is 4.39 Å². The van der Waals surface area contributed by atoms with E-state index in [1.807, 2.05) is 13.0 Å². The van der Waals surface area contributed by atoms with Crippen LogP contribution in [0.25, 0.3) is 0 Å². The third-order valence-corrected chi connectivity index (χ3v) is 4.21. The molecule has 24 heavy (non-hydrogen) atoms. The SMILES string of the molecule is CCOc1ccccc1NC(=O)CSc1ccc(C(C)=O)cc1F. The Balaban J connectivity index is 1.98. The van der Waals surface area contributed by atoms with Crippen LogP contribution in [0.4, 0.5) is 10.1 Å². The van der Waals surface area contributed by atoms with Crippen molar-refractivity contribution in [3.05, 3.63) is 53.8 Å². The lowest BCUT2D eigenvalue weighted by Gasteiger charge is -2.11. The molecule has 0 aliphatic heterocycles. The lowest BCUT2D eigenvalue weighted by molar-refractivity contribution is -0.113. The normalized spacial score (nSPS) is 10.3. The minimum Gasteiger partial charge on any atom is -0.492 e. The van der Waals surface area contributed by atoms with Gasteiger partial charge in [0, 0.05) is 10.5 Å². The quantitative estimate of drug-likeness (QED) is 0.604. The predicted octanol–water partition coefficient (Wildman–Crippen LogP) is 4.16. The standard InChI is InChI=1S/C18H18FNO3S/c1-3-23-16-7-5-4-6-15(16)20-18(22)11-24-17-9-8-13(12(2)21)10-14(17)19/h4-10H,3,11H2,1-2H3,(H,20,22). The van der Waals surface area contributed by atoms with E-state index in [9.17, 15) is 14.0 Å². The highest BCUT2D eigenvalue weighted by Gasteiger charge is 2.11. The molecular formula is C18H18FNO3S. The summed E-state index contributed by atoms with van der Waals surface area (Å²) in [6.45, 7) is 3.74. The molecule has 1 N–H and O–H groups in total. The van der Waals surface area contributed by atoms with Crippen molar-refractivity contribution in [2.24, 2.45) is 0 Å². The summed E-state index contributed by atoms with van der Waals surface area (Å²) in [5.41, 5.74) is 0.893. The number of nitrogens with one attached hydrogen (secondary N) is 1. The Morgan fingerprint density at radius 3 is 2.62 bits per heavy atom. The fourth-order valence-electron chi connectivity index (χ4n) is 2.02. The highest BCUT2D eigenvalue weighted by molar-refractivity contribution is 8.00. The van der Waals surface area contributed by atoms with Gasteiger partial charge in [0.05, 0.1) is 18.0 Å². The minimum absolute atomic E-state index is 0.0524. The topological polar surface area (TPSA) is 55.4 Å². The van der Waals surface area contributed by atoms with E-state index >= 15 is 0 Å². The first-order chi connectivity index (χ1) is 11.5. The molecule has 0 saturated heterocycles. The van der Waals surface area contributed by atoms with Crippen molar-refractivity contribution in [2.75, 3.05) is 17.7 Å². The number of carbonyl (C=O) groups is 2. The van der Waals surface area contributed by atoms with Crippen LogP contribution < -0.4 is 10.1 Å². The average Bonchev–Trinajstić information content (AvgIpc) is 2.55. The van der Waals surface area contributed by atoms with Gasteiger partial charge in [0.25, 0.3) is 0 Å². The molecule has 2 rings (SSSR count). The highest BCUT2D eigenvalue weighted by atomic mass is 32.2. The maximum atomic E-state index is 13.9. The van der Waals surface area contributed by atoms with Gasteiger partial charge in [0.1, 0.15) is 11.6 Å². The molecule has 1 amide bonds. The maximum absolute atomic E-state index is 13.9. The average molecular weight is 347 g/mol. The van der Waals surface area contributed by atoms with Gasteiger partial charge >= 0.3 is 0 Å². The molecule has 0 fully saturated rings. The van der Waals surface area contributed by atoms with E-state index in [-0.39, 0.29) is 17.4 Å². The fraction of sp³-hybridized carbons (Fsp3) is 0.222. The Kier molecular flexibility index (Phi) is 6.37. The smallest absolute Gasteiger partial charge is 0.234 e. The third-order valence-electron chi connectivity index (χ3n) is 3.16. The zero-order valence-corrected chi connectivity index (χ0v) is 14.3. The van der Waals surface area contributed by atoms with Crippen LogP contribution in [0.15, 0.2) is 47.4 Å². The van der Waals surface area contributed by atoms with E-state index in [0.29, 0.717) is 28.5 Å². The lowest BCUT2D eigenvalue weighted by Crippen LogP contribution is -2.15. The second kappa shape index (κ2) is 8.49. The van der Waals surface area contributed by atoms with Gasteiger partial charge in [-0.15, -0.1) is 11.8 Å². The van der Waals surface area contributed by atoms with E-state index in [1.54, 1.807) is 24.3 Å². The van der Waals surface area contributed by atoms with Gasteiger partial charge in [0.15, 0.2) is 5.78 Å². The molecule has 0 aliphatic carbocycles. The molecule has 0 aliphatic rings. The summed E-state index contributed by atoms with van der Waals surface area (Å²) in [7, 11) is 0. The zero-order valence-electron chi connectivity index (χ0n) is 13.5. The van der Waals surface area contributed by atoms with Crippen molar-refractivity contribution in [3.63, 3.8) is 0 Å². The fourth-order valence-corrected chi connectivity index (χ4v) is 2.74. The number of rotatable bonds is 7. The number of Topliss-reactive ketones (excluding diaryl/α,β-unsaturated/α-hetero) is 1. The third kappa shape index (κ3) is 4.83. The summed E-state index contributed by atoms with van der Waals surface area (Å²) in [6.07, 6.45) is 0. The van der Waals surface area contributed by atoms with E-state index in [0.717, 1.165) is 11.8 Å². The van der Waals surface area contributed by atoms with Gasteiger partial charge in [0.2, 0.25) is 5.91 Å². The van der Waals surface area contributed by atoms with Crippen LogP contribution >= 0.6 is 11.8 Å². The molecule has 0 saturated carbocycles. The number of para-hydroxylation sites is 2. The minimum atomic E-state index is -0.504. The maximum Gasteiger partial charge on any atom is 0.234 e. The monoisotopic (exact) mass is 347 g/mol. The Hall–Kier alpha value is -2.34. The molecule has 2 aromatic rings. The van der Waals surface area contributed by atoms with E-state index < -0.39 is 5.82 Å². The summed E-state index contributed by atoms with van der Waals surface area (Å²) in [5, 5.41) is 2.75. The van der Waals surface area contributed by atoms with E-state index in [2.05, 4.69) is 5.32 Å². The van der Waals surface area contributed by atoms with E-state index in [4.69, 9.17) is 4.74 Å². The van der Waals surface area contributed by atoms with Crippen LogP contribution in [0, 0.1) is 5.82 Å². The first-order valence-corrected chi connectivity index (χ1v) is 8.44. The number of ether oxygens (including phenoxy) is 1. The Bertz CT molecular complexity index is 749. The van der Waals surface area contributed by atoms with Gasteiger partial charge in [-0.2, -0.15) is 0 Å². The number of carbonyl (C=O) groups excluding carboxylic acids is 2. The first kappa shape index (κ1) is 18.0. The molecule has 0 atom stereocenters. The zero-order chi connectivity index (χ0) is 17.5. The van der Waals surface area contributed by atoms with Crippen molar-refractivity contribution in [1.29, 1.82) is 0 Å². The molecule has 0 radical (unpaired) electrons. The lowest BCUT2D eigenvalue weighted by atomic mass is 10.1. The summed E-state index contributed by atoms with van der Waals surface area (Å²) in [6, 6.07) is 11.4. The number of benzene rings is 2. The van der Waals surface area contributed by atoms with Crippen molar-refractivity contribution in [2.45, 2.75) is 18.7 Å². The molecule has 4 nitrogen and oxygen atoms in total. The summed E-state index contributed by atoms with van der Waals surface area (Å²) >= 11 is 1.07. The molecule has 126 valence electrons. The molecular weight excluding hydrogens is 329 g/mol. The number of thioether (sulfide) groups is 1. The summed E-state index contributed by atoms with van der Waals surface area (Å²) in [5.74, 6) is -0.319. The van der Waals surface area contributed by atoms with Gasteiger partial charge < -0.3 is 10.1 Å². The molecule has 2 aromatic carbocycles. The Labute approximate surface area is 144 Å². The van der Waals surface area contributed by atoms with Gasteiger partial charge in [-0.3, -0.25) is 9.59 Å². The molecule has 0 unspecified atom stereocenters. The number of ketones is 1. The molecule has 0 spiro atoms. The van der Waals surface area contributed by atoms with Crippen molar-refractivity contribution in [3.8, 4) is 5.75 Å². The number of amides is 1. The molecule has 0 heterocycles. The van der Waals surface area contributed by atoms with Crippen molar-refractivity contribution >= 4 is 29.1 Å². The van der Waals surface area contributed by atoms with Crippen LogP contribution in [-0.2, 0) is 4.79 Å². The molecule has 6 heteroatoms. The second-order valence-corrected chi connectivity index (χ2v) is 5.98. The van der Waals surface area contributed by atoms with Crippen LogP contribution in [0.5, 0.6) is 5.75 Å². The second-order valence-electron chi connectivity index (χ2n) is 4.97.